The zero-order chi connectivity index (χ0) is 15.4. The van der Waals surface area contributed by atoms with E-state index in [2.05, 4.69) is 14.9 Å². The lowest BCUT2D eigenvalue weighted by atomic mass is 10.2. The summed E-state index contributed by atoms with van der Waals surface area (Å²) in [6.07, 6.45) is 4.25. The van der Waals surface area contributed by atoms with Gasteiger partial charge in [0.15, 0.2) is 0 Å². The van der Waals surface area contributed by atoms with Crippen molar-refractivity contribution in [3.05, 3.63) is 41.6 Å². The fourth-order valence-electron chi connectivity index (χ4n) is 2.51. The first kappa shape index (κ1) is 14.6. The van der Waals surface area contributed by atoms with Gasteiger partial charge < -0.3 is 14.4 Å². The lowest BCUT2D eigenvalue weighted by molar-refractivity contribution is 0.291. The Balaban J connectivity index is 1.69. The lowest BCUT2D eigenvalue weighted by Gasteiger charge is -2.16. The monoisotopic (exact) mass is 299 g/mol. The third-order valence-corrected chi connectivity index (χ3v) is 3.84. The fourth-order valence-corrected chi connectivity index (χ4v) is 2.51. The Morgan fingerprint density at radius 3 is 2.55 bits per heavy atom. The Labute approximate surface area is 130 Å². The van der Waals surface area contributed by atoms with Gasteiger partial charge in [-0.3, -0.25) is 0 Å². The molecule has 0 radical (unpaired) electrons. The largest absolute Gasteiger partial charge is 0.497 e. The molecule has 1 aromatic carbocycles. The zero-order valence-corrected chi connectivity index (χ0v) is 13.1. The summed E-state index contributed by atoms with van der Waals surface area (Å²) in [5, 5.41) is 0. The van der Waals surface area contributed by atoms with Crippen LogP contribution in [-0.2, 0) is 6.61 Å². The highest BCUT2D eigenvalue weighted by Crippen LogP contribution is 2.22. The highest BCUT2D eigenvalue weighted by Gasteiger charge is 2.16. The summed E-state index contributed by atoms with van der Waals surface area (Å²) in [5.74, 6) is 2.28. The van der Waals surface area contributed by atoms with Gasteiger partial charge in [-0.25, -0.2) is 4.98 Å². The van der Waals surface area contributed by atoms with Crippen LogP contribution < -0.4 is 14.4 Å². The molecule has 1 saturated heterocycles. The summed E-state index contributed by atoms with van der Waals surface area (Å²) >= 11 is 0. The Bertz CT molecular complexity index is 622. The minimum Gasteiger partial charge on any atom is -0.497 e. The number of benzene rings is 1. The molecule has 0 spiro atoms. The van der Waals surface area contributed by atoms with Crippen LogP contribution in [0.25, 0.3) is 0 Å². The van der Waals surface area contributed by atoms with Crippen LogP contribution >= 0.6 is 0 Å². The normalized spacial score (nSPS) is 14.2. The predicted molar refractivity (Wildman–Crippen MR) is 85.5 cm³/mol. The molecular formula is C17H21N3O2. The number of aryl methyl sites for hydroxylation is 1. The second-order valence-electron chi connectivity index (χ2n) is 5.49. The summed E-state index contributed by atoms with van der Waals surface area (Å²) in [4.78, 5) is 11.2. The quantitative estimate of drug-likeness (QED) is 0.849. The maximum atomic E-state index is 5.88. The number of methoxy groups -OCH3 is 1. The number of rotatable bonds is 5. The minimum absolute atomic E-state index is 0.487. The number of aromatic nitrogens is 2. The summed E-state index contributed by atoms with van der Waals surface area (Å²) in [7, 11) is 1.66. The van der Waals surface area contributed by atoms with Crippen molar-refractivity contribution in [1.82, 2.24) is 9.97 Å². The third kappa shape index (κ3) is 3.30. The zero-order valence-electron chi connectivity index (χ0n) is 13.1. The molecule has 116 valence electrons. The van der Waals surface area contributed by atoms with Crippen LogP contribution in [0.4, 0.5) is 5.95 Å². The van der Waals surface area contributed by atoms with E-state index in [4.69, 9.17) is 9.47 Å². The van der Waals surface area contributed by atoms with E-state index in [9.17, 15) is 0 Å². The van der Waals surface area contributed by atoms with Crippen LogP contribution in [0, 0.1) is 6.92 Å². The molecule has 2 heterocycles. The molecule has 0 unspecified atom stereocenters. The smallest absolute Gasteiger partial charge is 0.228 e. The molecule has 0 saturated carbocycles. The SMILES string of the molecule is COc1ccc(COc2nc(N3CCCC3)ncc2C)cc1. The average molecular weight is 299 g/mol. The number of hydrogen-bond acceptors (Lipinski definition) is 5. The van der Waals surface area contributed by atoms with Crippen molar-refractivity contribution in [3.8, 4) is 11.6 Å². The van der Waals surface area contributed by atoms with Crippen LogP contribution in [0.1, 0.15) is 24.0 Å². The van der Waals surface area contributed by atoms with Gasteiger partial charge >= 0.3 is 0 Å². The average Bonchev–Trinajstić information content (AvgIpc) is 3.09. The van der Waals surface area contributed by atoms with Crippen molar-refractivity contribution in [2.24, 2.45) is 0 Å². The molecule has 5 heteroatoms. The molecule has 1 aliphatic rings. The second kappa shape index (κ2) is 6.64. The predicted octanol–water partition coefficient (Wildman–Crippen LogP) is 2.97. The van der Waals surface area contributed by atoms with Gasteiger partial charge in [-0.15, -0.1) is 0 Å². The molecule has 22 heavy (non-hydrogen) atoms. The first-order valence-electron chi connectivity index (χ1n) is 7.60. The van der Waals surface area contributed by atoms with Crippen LogP contribution in [-0.4, -0.2) is 30.2 Å². The molecule has 0 N–H and O–H groups in total. The van der Waals surface area contributed by atoms with E-state index in [0.29, 0.717) is 12.5 Å². The van der Waals surface area contributed by atoms with Crippen LogP contribution in [0.15, 0.2) is 30.5 Å². The van der Waals surface area contributed by atoms with E-state index in [1.807, 2.05) is 37.4 Å². The van der Waals surface area contributed by atoms with Crippen molar-refractivity contribution in [2.75, 3.05) is 25.1 Å². The maximum absolute atomic E-state index is 5.88. The number of anilines is 1. The number of nitrogens with zero attached hydrogens (tertiary/aromatic N) is 3. The van der Waals surface area contributed by atoms with Gasteiger partial charge in [0.2, 0.25) is 11.8 Å². The van der Waals surface area contributed by atoms with Crippen LogP contribution in [0.5, 0.6) is 11.6 Å². The molecule has 0 amide bonds. The molecule has 1 aliphatic heterocycles. The van der Waals surface area contributed by atoms with E-state index in [1.165, 1.54) is 12.8 Å². The Hall–Kier alpha value is -2.30. The van der Waals surface area contributed by atoms with Crippen molar-refractivity contribution in [1.29, 1.82) is 0 Å². The molecule has 0 atom stereocenters. The van der Waals surface area contributed by atoms with E-state index in [-0.39, 0.29) is 0 Å². The van der Waals surface area contributed by atoms with Crippen LogP contribution in [0.3, 0.4) is 0 Å². The maximum Gasteiger partial charge on any atom is 0.228 e. The van der Waals surface area contributed by atoms with Gasteiger partial charge in [0.1, 0.15) is 12.4 Å². The molecule has 1 aromatic heterocycles. The Morgan fingerprint density at radius 2 is 1.86 bits per heavy atom. The van der Waals surface area contributed by atoms with Gasteiger partial charge in [0.25, 0.3) is 0 Å². The molecule has 0 bridgehead atoms. The van der Waals surface area contributed by atoms with E-state index < -0.39 is 0 Å². The van der Waals surface area contributed by atoms with E-state index in [1.54, 1.807) is 7.11 Å². The Kier molecular flexibility index (Phi) is 4.42. The van der Waals surface area contributed by atoms with Crippen molar-refractivity contribution in [2.45, 2.75) is 26.4 Å². The second-order valence-corrected chi connectivity index (χ2v) is 5.49. The summed E-state index contributed by atoms with van der Waals surface area (Å²) in [6, 6.07) is 7.86. The van der Waals surface area contributed by atoms with Gasteiger partial charge in [-0.1, -0.05) is 12.1 Å². The standard InChI is InChI=1S/C17H21N3O2/c1-13-11-18-17(20-9-3-4-10-20)19-16(13)22-12-14-5-7-15(21-2)8-6-14/h5-8,11H,3-4,9-10,12H2,1-2H3. The molecular weight excluding hydrogens is 278 g/mol. The minimum atomic E-state index is 0.487. The summed E-state index contributed by atoms with van der Waals surface area (Å²) in [6.45, 7) is 4.51. The molecule has 2 aromatic rings. The van der Waals surface area contributed by atoms with Crippen molar-refractivity contribution < 1.29 is 9.47 Å². The van der Waals surface area contributed by atoms with Crippen molar-refractivity contribution >= 4 is 5.95 Å². The Morgan fingerprint density at radius 1 is 1.14 bits per heavy atom. The molecule has 0 aliphatic carbocycles. The third-order valence-electron chi connectivity index (χ3n) is 3.84. The number of hydrogen-bond donors (Lipinski definition) is 0. The van der Waals surface area contributed by atoms with Gasteiger partial charge in [-0.05, 0) is 37.5 Å². The topological polar surface area (TPSA) is 47.5 Å². The van der Waals surface area contributed by atoms with Crippen LogP contribution in [0.2, 0.25) is 0 Å². The summed E-state index contributed by atoms with van der Waals surface area (Å²) in [5.41, 5.74) is 2.04. The van der Waals surface area contributed by atoms with Crippen molar-refractivity contribution in [3.63, 3.8) is 0 Å². The number of ether oxygens (including phenoxy) is 2. The fraction of sp³-hybridized carbons (Fsp3) is 0.412. The highest BCUT2D eigenvalue weighted by atomic mass is 16.5. The van der Waals surface area contributed by atoms with Gasteiger partial charge in [0.05, 0.1) is 7.11 Å². The first-order valence-corrected chi connectivity index (χ1v) is 7.60. The molecule has 1 fully saturated rings. The summed E-state index contributed by atoms with van der Waals surface area (Å²) < 4.78 is 11.0. The molecule has 5 nitrogen and oxygen atoms in total. The van der Waals surface area contributed by atoms with Gasteiger partial charge in [0, 0.05) is 24.8 Å². The van der Waals surface area contributed by atoms with Gasteiger partial charge in [-0.2, -0.15) is 4.98 Å². The first-order chi connectivity index (χ1) is 10.8. The van der Waals surface area contributed by atoms with E-state index >= 15 is 0 Å². The molecule has 3 rings (SSSR count). The highest BCUT2D eigenvalue weighted by molar-refractivity contribution is 5.36. The van der Waals surface area contributed by atoms with E-state index in [0.717, 1.165) is 35.9 Å². The lowest BCUT2D eigenvalue weighted by Crippen LogP contribution is -2.20.